The molecule has 110 valence electrons. The Kier molecular flexibility index (Phi) is 4.25. The third-order valence-electron chi connectivity index (χ3n) is 2.78. The Morgan fingerprint density at radius 3 is 2.43 bits per heavy atom. The molecule has 1 aromatic heterocycles. The summed E-state index contributed by atoms with van der Waals surface area (Å²) in [5.74, 6) is -2.93. The molecule has 6 nitrogen and oxygen atoms in total. The number of hydrogen-bond acceptors (Lipinski definition) is 6. The Bertz CT molecular complexity index is 677. The lowest BCUT2D eigenvalue weighted by Gasteiger charge is -2.13. The highest BCUT2D eigenvalue weighted by Crippen LogP contribution is 2.35. The van der Waals surface area contributed by atoms with Gasteiger partial charge < -0.3 is 25.4 Å². The molecule has 1 unspecified atom stereocenters. The minimum atomic E-state index is -1.97. The standard InChI is InChI=1S/C14H13NO5S/c1-7-2-4-8(5-3-7)10-6-9(11(21-10)13(17)18)15-12(16)14(19)20/h2-6,12,15-16H,1H3,(H,17,18)(H,19,20)/p-1. The van der Waals surface area contributed by atoms with Crippen molar-refractivity contribution < 1.29 is 24.9 Å². The van der Waals surface area contributed by atoms with Crippen molar-refractivity contribution in [2.75, 3.05) is 5.32 Å². The Hall–Kier alpha value is -2.38. The number of aliphatic hydroxyl groups excluding tert-OH is 1. The molecule has 1 aromatic carbocycles. The first-order chi connectivity index (χ1) is 9.88. The van der Waals surface area contributed by atoms with E-state index < -0.39 is 18.2 Å². The first-order valence-corrected chi connectivity index (χ1v) is 6.79. The first-order valence-electron chi connectivity index (χ1n) is 5.98. The van der Waals surface area contributed by atoms with Crippen LogP contribution in [0.25, 0.3) is 10.4 Å². The predicted molar refractivity (Wildman–Crippen MR) is 76.1 cm³/mol. The van der Waals surface area contributed by atoms with Gasteiger partial charge in [0.15, 0.2) is 6.23 Å². The molecule has 3 N–H and O–H groups in total. The van der Waals surface area contributed by atoms with Crippen LogP contribution in [0.4, 0.5) is 5.69 Å². The first kappa shape index (κ1) is 15.0. The summed E-state index contributed by atoms with van der Waals surface area (Å²) < 4.78 is 0. The van der Waals surface area contributed by atoms with Gasteiger partial charge in [0, 0.05) is 4.88 Å². The predicted octanol–water partition coefficient (Wildman–Crippen LogP) is 0.902. The van der Waals surface area contributed by atoms with Gasteiger partial charge in [-0.25, -0.2) is 4.79 Å². The van der Waals surface area contributed by atoms with Crippen molar-refractivity contribution in [2.24, 2.45) is 0 Å². The number of aryl methyl sites for hydroxylation is 1. The number of anilines is 1. The molecule has 1 atom stereocenters. The fourth-order valence-corrected chi connectivity index (χ4v) is 2.69. The third kappa shape index (κ3) is 3.39. The fourth-order valence-electron chi connectivity index (χ4n) is 1.72. The van der Waals surface area contributed by atoms with Crippen LogP contribution < -0.4 is 10.4 Å². The van der Waals surface area contributed by atoms with Gasteiger partial charge in [-0.05, 0) is 18.6 Å². The number of nitrogens with one attached hydrogen (secondary N) is 1. The van der Waals surface area contributed by atoms with Gasteiger partial charge in [-0.1, -0.05) is 29.8 Å². The van der Waals surface area contributed by atoms with Crippen molar-refractivity contribution in [3.63, 3.8) is 0 Å². The molecule has 0 radical (unpaired) electrons. The minimum absolute atomic E-state index is 0.0415. The lowest BCUT2D eigenvalue weighted by atomic mass is 10.1. The molecular formula is C14H12NO5S-. The summed E-state index contributed by atoms with van der Waals surface area (Å²) in [6, 6.07) is 8.94. The van der Waals surface area contributed by atoms with Gasteiger partial charge in [-0.2, -0.15) is 0 Å². The zero-order valence-electron chi connectivity index (χ0n) is 11.0. The monoisotopic (exact) mass is 306 g/mol. The van der Waals surface area contributed by atoms with E-state index in [1.54, 1.807) is 0 Å². The van der Waals surface area contributed by atoms with Crippen LogP contribution in [0.1, 0.15) is 15.2 Å². The number of rotatable bonds is 5. The van der Waals surface area contributed by atoms with Crippen LogP contribution in [0, 0.1) is 6.92 Å². The van der Waals surface area contributed by atoms with E-state index in [0.29, 0.717) is 4.88 Å². The Morgan fingerprint density at radius 2 is 1.90 bits per heavy atom. The van der Waals surface area contributed by atoms with E-state index in [4.69, 9.17) is 5.11 Å². The van der Waals surface area contributed by atoms with Gasteiger partial charge in [0.05, 0.1) is 11.7 Å². The molecule has 0 spiro atoms. The topological polar surface area (TPSA) is 110 Å². The van der Waals surface area contributed by atoms with Crippen molar-refractivity contribution in [2.45, 2.75) is 13.2 Å². The van der Waals surface area contributed by atoms with E-state index >= 15 is 0 Å². The maximum absolute atomic E-state index is 11.2. The second-order valence-corrected chi connectivity index (χ2v) is 5.44. The maximum Gasteiger partial charge on any atom is 0.348 e. The number of aliphatic hydroxyl groups is 1. The van der Waals surface area contributed by atoms with Crippen LogP contribution in [-0.4, -0.2) is 28.4 Å². The normalized spacial score (nSPS) is 11.9. The van der Waals surface area contributed by atoms with Crippen LogP contribution in [0.5, 0.6) is 0 Å². The Labute approximate surface area is 124 Å². The molecule has 7 heteroatoms. The zero-order chi connectivity index (χ0) is 15.6. The van der Waals surface area contributed by atoms with E-state index in [-0.39, 0.29) is 10.6 Å². The summed E-state index contributed by atoms with van der Waals surface area (Å²) in [7, 11) is 0. The molecule has 0 saturated carbocycles. The van der Waals surface area contributed by atoms with Gasteiger partial charge in [0.1, 0.15) is 4.88 Å². The Balaban J connectivity index is 2.39. The summed E-state index contributed by atoms with van der Waals surface area (Å²) in [5.41, 5.74) is 1.92. The number of carboxylic acid groups (broad SMARTS) is 2. The molecule has 0 saturated heterocycles. The zero-order valence-corrected chi connectivity index (χ0v) is 11.8. The third-order valence-corrected chi connectivity index (χ3v) is 3.95. The second-order valence-electron chi connectivity index (χ2n) is 4.39. The molecule has 0 fully saturated rings. The largest absolute Gasteiger partial charge is 0.545 e. The Morgan fingerprint density at radius 1 is 1.29 bits per heavy atom. The van der Waals surface area contributed by atoms with Gasteiger partial charge in [-0.15, -0.1) is 11.3 Å². The van der Waals surface area contributed by atoms with Gasteiger partial charge in [0.2, 0.25) is 0 Å². The number of hydrogen-bond donors (Lipinski definition) is 3. The minimum Gasteiger partial charge on any atom is -0.545 e. The van der Waals surface area contributed by atoms with Crippen LogP contribution >= 0.6 is 11.3 Å². The van der Waals surface area contributed by atoms with Crippen LogP contribution in [-0.2, 0) is 4.79 Å². The second kappa shape index (κ2) is 5.94. The fraction of sp³-hybridized carbons (Fsp3) is 0.143. The van der Waals surface area contributed by atoms with Gasteiger partial charge in [-0.3, -0.25) is 0 Å². The molecular weight excluding hydrogens is 294 g/mol. The maximum atomic E-state index is 11.2. The molecule has 2 aromatic rings. The number of carbonyl (C=O) groups excluding carboxylic acids is 1. The van der Waals surface area contributed by atoms with Crippen molar-refractivity contribution in [1.29, 1.82) is 0 Å². The lowest BCUT2D eigenvalue weighted by Crippen LogP contribution is -2.40. The molecule has 2 rings (SSSR count). The van der Waals surface area contributed by atoms with E-state index in [9.17, 15) is 19.8 Å². The molecule has 0 aliphatic carbocycles. The van der Waals surface area contributed by atoms with Crippen LogP contribution in [0.15, 0.2) is 30.3 Å². The van der Waals surface area contributed by atoms with E-state index in [1.807, 2.05) is 31.2 Å². The number of thiophene rings is 1. The highest BCUT2D eigenvalue weighted by atomic mass is 32.1. The molecule has 1 heterocycles. The number of aliphatic carboxylic acids is 1. The molecule has 0 aliphatic heterocycles. The van der Waals surface area contributed by atoms with Crippen molar-refractivity contribution in [1.82, 2.24) is 0 Å². The number of aromatic carboxylic acids is 1. The summed E-state index contributed by atoms with van der Waals surface area (Å²) in [5, 5.41) is 31.1. The van der Waals surface area contributed by atoms with Crippen LogP contribution in [0.2, 0.25) is 0 Å². The smallest absolute Gasteiger partial charge is 0.348 e. The molecule has 0 amide bonds. The molecule has 0 bridgehead atoms. The summed E-state index contributed by atoms with van der Waals surface area (Å²) in [6.07, 6.45) is -1.97. The summed E-state index contributed by atoms with van der Waals surface area (Å²) in [6.45, 7) is 1.93. The summed E-state index contributed by atoms with van der Waals surface area (Å²) in [4.78, 5) is 22.3. The van der Waals surface area contributed by atoms with E-state index in [0.717, 1.165) is 22.5 Å². The number of carbonyl (C=O) groups is 2. The molecule has 21 heavy (non-hydrogen) atoms. The van der Waals surface area contributed by atoms with Crippen molar-refractivity contribution >= 4 is 29.0 Å². The van der Waals surface area contributed by atoms with Crippen LogP contribution in [0.3, 0.4) is 0 Å². The van der Waals surface area contributed by atoms with Crippen molar-refractivity contribution in [3.05, 3.63) is 40.8 Å². The van der Waals surface area contributed by atoms with Crippen molar-refractivity contribution in [3.8, 4) is 10.4 Å². The van der Waals surface area contributed by atoms with E-state index in [2.05, 4.69) is 5.32 Å². The SMILES string of the molecule is Cc1ccc(-c2cc(NC(O)C(=O)[O-])c(C(=O)O)s2)cc1. The lowest BCUT2D eigenvalue weighted by molar-refractivity contribution is -0.313. The van der Waals surface area contributed by atoms with E-state index in [1.165, 1.54) is 6.07 Å². The quantitative estimate of drug-likeness (QED) is 0.708. The molecule has 0 aliphatic rings. The summed E-state index contributed by atoms with van der Waals surface area (Å²) >= 11 is 0.994. The number of benzene rings is 1. The van der Waals surface area contributed by atoms with Gasteiger partial charge in [0.25, 0.3) is 0 Å². The average Bonchev–Trinajstić information content (AvgIpc) is 2.83. The number of carboxylic acids is 2. The van der Waals surface area contributed by atoms with Gasteiger partial charge >= 0.3 is 5.97 Å². The highest BCUT2D eigenvalue weighted by molar-refractivity contribution is 7.18. The average molecular weight is 306 g/mol. The highest BCUT2D eigenvalue weighted by Gasteiger charge is 2.18.